The summed E-state index contributed by atoms with van der Waals surface area (Å²) in [6.07, 6.45) is 28.5. The Morgan fingerprint density at radius 3 is 1.00 bits per heavy atom. The van der Waals surface area contributed by atoms with E-state index in [1.807, 2.05) is 72.8 Å². The second-order valence-electron chi connectivity index (χ2n) is 19.4. The molecule has 0 atom stereocenters. The molecule has 76 heavy (non-hydrogen) atoms. The lowest BCUT2D eigenvalue weighted by molar-refractivity contribution is -0.257. The summed E-state index contributed by atoms with van der Waals surface area (Å²) in [5, 5.41) is 66.5. The first-order chi connectivity index (χ1) is 37.2. The van der Waals surface area contributed by atoms with Crippen LogP contribution in [0.2, 0.25) is 0 Å². The van der Waals surface area contributed by atoms with Crippen molar-refractivity contribution in [2.75, 3.05) is 13.2 Å². The van der Waals surface area contributed by atoms with Crippen LogP contribution in [0, 0.1) is 0 Å². The van der Waals surface area contributed by atoms with E-state index in [9.17, 15) is 9.90 Å². The van der Waals surface area contributed by atoms with Crippen molar-refractivity contribution < 1.29 is 39.4 Å². The van der Waals surface area contributed by atoms with E-state index in [1.54, 1.807) is 34.0 Å². The second kappa shape index (κ2) is 36.2. The van der Waals surface area contributed by atoms with Crippen LogP contribution in [0.15, 0.2) is 72.8 Å². The van der Waals surface area contributed by atoms with Crippen LogP contribution in [0.5, 0.6) is 17.2 Å². The lowest BCUT2D eigenvalue weighted by atomic mass is 10.1. The molecule has 0 unspecified atom stereocenters. The molecule has 0 saturated heterocycles. The summed E-state index contributed by atoms with van der Waals surface area (Å²) in [5.74, 6) is -1.19. The van der Waals surface area contributed by atoms with Gasteiger partial charge in [-0.25, -0.2) is 0 Å². The SMILES string of the molecule is CCCCCCCCCc1nnc(-c2ccc(OC(CCCC(=O)O)(Oc3ccc(-c4nnc(CCCCCCCCC)s4)cc3)Oc3ccc(-c4nnc(CCCCCCCCC)s4)cc3)cc2)s1.OCC(O)CO. The Morgan fingerprint density at radius 1 is 0.447 bits per heavy atom. The molecule has 6 rings (SSSR count). The van der Waals surface area contributed by atoms with Gasteiger partial charge in [0.25, 0.3) is 0 Å². The van der Waals surface area contributed by atoms with E-state index >= 15 is 0 Å². The van der Waals surface area contributed by atoms with Crippen LogP contribution in [-0.4, -0.2) is 82.3 Å². The standard InChI is InChI=1S/C56H76N6O5S3.C3H8O3/c1-4-7-10-13-16-19-22-26-49-57-60-53(68-49)43-30-36-46(37-31-43)65-56(42-25-29-52(63)64,66-47-38-32-44(33-39-47)54-61-58-50(69-54)27-23-20-17-14-11-8-5-2)67-48-40-34-45(35-41-48)55-62-59-51(70-55)28-24-21-18-15-12-9-6-3;4-1-3(6)2-5/h30-41H,4-29,42H2,1-3H3,(H,63,64);3-6H,1-2H2. The molecule has 17 heteroatoms. The molecule has 3 heterocycles. The van der Waals surface area contributed by atoms with E-state index < -0.39 is 18.0 Å². The predicted octanol–water partition coefficient (Wildman–Crippen LogP) is 14.9. The zero-order chi connectivity index (χ0) is 54.1. The number of aliphatic hydroxyl groups excluding tert-OH is 3. The van der Waals surface area contributed by atoms with Crippen LogP contribution >= 0.6 is 34.0 Å². The van der Waals surface area contributed by atoms with Gasteiger partial charge in [-0.3, -0.25) is 4.79 Å². The van der Waals surface area contributed by atoms with Crippen LogP contribution in [-0.2, 0) is 24.1 Å². The number of carbonyl (C=O) groups is 1. The number of carboxylic acid groups (broad SMARTS) is 1. The summed E-state index contributed by atoms with van der Waals surface area (Å²) in [6.45, 7) is 6.02. The van der Waals surface area contributed by atoms with Crippen molar-refractivity contribution in [2.24, 2.45) is 0 Å². The average Bonchev–Trinajstić information content (AvgIpc) is 4.24. The summed E-state index contributed by atoms with van der Waals surface area (Å²) in [6, 6.07) is 23.0. The number of aryl methyl sites for hydroxylation is 3. The van der Waals surface area contributed by atoms with Crippen molar-refractivity contribution in [1.29, 1.82) is 0 Å². The van der Waals surface area contributed by atoms with Crippen molar-refractivity contribution >= 4 is 40.0 Å². The number of ether oxygens (including phenoxy) is 3. The number of unbranched alkanes of at least 4 members (excludes halogenated alkanes) is 18. The molecule has 0 bridgehead atoms. The molecule has 416 valence electrons. The highest BCUT2D eigenvalue weighted by atomic mass is 32.1. The molecule has 0 aliphatic carbocycles. The molecule has 0 spiro atoms. The number of hydrogen-bond acceptors (Lipinski definition) is 16. The van der Waals surface area contributed by atoms with Gasteiger partial charge < -0.3 is 34.6 Å². The van der Waals surface area contributed by atoms with Crippen molar-refractivity contribution in [3.05, 3.63) is 87.8 Å². The molecule has 0 radical (unpaired) electrons. The van der Waals surface area contributed by atoms with E-state index in [1.165, 1.54) is 116 Å². The van der Waals surface area contributed by atoms with Crippen molar-refractivity contribution in [3.63, 3.8) is 0 Å². The lowest BCUT2D eigenvalue weighted by Gasteiger charge is -2.34. The maximum Gasteiger partial charge on any atom is 0.417 e. The third-order valence-electron chi connectivity index (χ3n) is 12.8. The molecule has 3 aromatic carbocycles. The van der Waals surface area contributed by atoms with Crippen LogP contribution < -0.4 is 14.2 Å². The normalized spacial score (nSPS) is 11.5. The topological polar surface area (TPSA) is 203 Å². The first-order valence-electron chi connectivity index (χ1n) is 28.1. The third-order valence-corrected chi connectivity index (χ3v) is 15.9. The minimum atomic E-state index is -1.74. The van der Waals surface area contributed by atoms with E-state index in [0.717, 1.165) is 85.3 Å². The first-order valence-corrected chi connectivity index (χ1v) is 30.6. The largest absolute Gasteiger partial charge is 0.481 e. The van der Waals surface area contributed by atoms with Crippen LogP contribution in [0.3, 0.4) is 0 Å². The minimum Gasteiger partial charge on any atom is -0.481 e. The fourth-order valence-electron chi connectivity index (χ4n) is 8.38. The lowest BCUT2D eigenvalue weighted by Crippen LogP contribution is -2.48. The summed E-state index contributed by atoms with van der Waals surface area (Å²) >= 11 is 4.88. The maximum absolute atomic E-state index is 11.9. The van der Waals surface area contributed by atoms with Crippen molar-refractivity contribution in [3.8, 4) is 49.0 Å². The molecule has 0 saturated carbocycles. The predicted molar refractivity (Wildman–Crippen MR) is 307 cm³/mol. The van der Waals surface area contributed by atoms with Gasteiger partial charge in [-0.1, -0.05) is 170 Å². The zero-order valence-corrected chi connectivity index (χ0v) is 47.8. The van der Waals surface area contributed by atoms with Gasteiger partial charge in [-0.05, 0) is 98.5 Å². The molecule has 6 aromatic rings. The smallest absolute Gasteiger partial charge is 0.417 e. The number of aromatic nitrogens is 6. The Hall–Kier alpha value is -4.91. The quantitative estimate of drug-likeness (QED) is 0.0210. The Labute approximate surface area is 463 Å². The number of carboxylic acids is 1. The second-order valence-corrected chi connectivity index (χ2v) is 22.6. The monoisotopic (exact) mass is 1100 g/mol. The summed E-state index contributed by atoms with van der Waals surface area (Å²) in [7, 11) is 0. The summed E-state index contributed by atoms with van der Waals surface area (Å²) in [4.78, 5) is 11.9. The van der Waals surface area contributed by atoms with Gasteiger partial charge in [0.15, 0.2) is 0 Å². The third kappa shape index (κ3) is 23.4. The molecule has 14 nitrogen and oxygen atoms in total. The van der Waals surface area contributed by atoms with Gasteiger partial charge in [-0.15, -0.1) is 30.6 Å². The molecule has 0 aliphatic rings. The van der Waals surface area contributed by atoms with E-state index in [4.69, 9.17) is 29.5 Å². The highest BCUT2D eigenvalue weighted by Gasteiger charge is 2.39. The Kier molecular flexibility index (Phi) is 29.5. The van der Waals surface area contributed by atoms with E-state index in [2.05, 4.69) is 51.4 Å². The van der Waals surface area contributed by atoms with Crippen LogP contribution in [0.25, 0.3) is 31.7 Å². The number of nitrogens with zero attached hydrogens (tertiary/aromatic N) is 6. The van der Waals surface area contributed by atoms with Gasteiger partial charge >= 0.3 is 11.9 Å². The molecule has 4 N–H and O–H groups in total. The number of rotatable bonds is 39. The van der Waals surface area contributed by atoms with Gasteiger partial charge in [-0.2, -0.15) is 0 Å². The van der Waals surface area contributed by atoms with E-state index in [0.29, 0.717) is 17.2 Å². The highest BCUT2D eigenvalue weighted by Crippen LogP contribution is 2.36. The number of aliphatic carboxylic acids is 1. The molecule has 0 aliphatic heterocycles. The minimum absolute atomic E-state index is 0.0939. The molecule has 0 amide bonds. The van der Waals surface area contributed by atoms with Gasteiger partial charge in [0.1, 0.15) is 53.4 Å². The Bertz CT molecular complexity index is 2200. The number of aliphatic hydroxyl groups is 3. The fraction of sp³-hybridized carbons (Fsp3) is 0.576. The maximum atomic E-state index is 11.9. The van der Waals surface area contributed by atoms with Gasteiger partial charge in [0.05, 0.1) is 19.6 Å². The number of hydrogen-bond donors (Lipinski definition) is 4. The van der Waals surface area contributed by atoms with Gasteiger partial charge in [0, 0.05) is 42.4 Å². The van der Waals surface area contributed by atoms with Crippen molar-refractivity contribution in [1.82, 2.24) is 30.6 Å². The van der Waals surface area contributed by atoms with Crippen LogP contribution in [0.1, 0.15) is 190 Å². The number of benzene rings is 3. The van der Waals surface area contributed by atoms with Crippen molar-refractivity contribution in [2.45, 2.75) is 206 Å². The highest BCUT2D eigenvalue weighted by molar-refractivity contribution is 7.15. The van der Waals surface area contributed by atoms with E-state index in [-0.39, 0.29) is 32.5 Å². The molecular formula is C59H84N6O8S3. The van der Waals surface area contributed by atoms with Gasteiger partial charge in [0.2, 0.25) is 0 Å². The summed E-state index contributed by atoms with van der Waals surface area (Å²) in [5.41, 5.74) is 2.80. The molecular weight excluding hydrogens is 1020 g/mol. The Balaban J connectivity index is 0.00000168. The zero-order valence-electron chi connectivity index (χ0n) is 45.3. The molecule has 0 fully saturated rings. The molecule has 3 aromatic heterocycles. The average molecular weight is 1100 g/mol. The fourth-order valence-corrected chi connectivity index (χ4v) is 11.0. The van der Waals surface area contributed by atoms with Crippen LogP contribution in [0.4, 0.5) is 0 Å². The Morgan fingerprint density at radius 2 is 0.737 bits per heavy atom. The summed E-state index contributed by atoms with van der Waals surface area (Å²) < 4.78 is 20.3. The first kappa shape index (κ1) is 61.9.